The van der Waals surface area contributed by atoms with Crippen LogP contribution in [0.3, 0.4) is 0 Å². The van der Waals surface area contributed by atoms with E-state index in [1.807, 2.05) is 45.0 Å². The molecule has 320 valence electrons. The van der Waals surface area contributed by atoms with Gasteiger partial charge in [-0.05, 0) is 47.4 Å². The largest absolute Gasteiger partial charge is 0.463 e. The highest BCUT2D eigenvalue weighted by molar-refractivity contribution is 5.82. The molecule has 10 nitrogen and oxygen atoms in total. The molecule has 0 bridgehead atoms. The summed E-state index contributed by atoms with van der Waals surface area (Å²) in [5.74, 6) is -1.31. The van der Waals surface area contributed by atoms with Gasteiger partial charge in [0.2, 0.25) is 0 Å². The van der Waals surface area contributed by atoms with Crippen molar-refractivity contribution in [3.8, 4) is 0 Å². The van der Waals surface area contributed by atoms with Gasteiger partial charge in [0.25, 0.3) is 0 Å². The molecule has 0 spiro atoms. The Morgan fingerprint density at radius 1 is 0.567 bits per heavy atom. The van der Waals surface area contributed by atoms with Gasteiger partial charge in [0.15, 0.2) is 0 Å². The minimum Gasteiger partial charge on any atom is -0.463 e. The molecule has 0 unspecified atom stereocenters. The fraction of sp³-hybridized carbons (Fsp3) is 0.480. The lowest BCUT2D eigenvalue weighted by Gasteiger charge is -2.40. The van der Waals surface area contributed by atoms with Crippen LogP contribution >= 0.6 is 0 Å². The molecule has 10 heteroatoms. The lowest BCUT2D eigenvalue weighted by molar-refractivity contribution is -0.168. The van der Waals surface area contributed by atoms with E-state index in [1.165, 1.54) is 22.3 Å². The van der Waals surface area contributed by atoms with Crippen LogP contribution < -0.4 is 0 Å². The van der Waals surface area contributed by atoms with Gasteiger partial charge in [-0.3, -0.25) is 29.2 Å². The minimum absolute atomic E-state index is 0.0942. The third-order valence-corrected chi connectivity index (χ3v) is 13.7. The summed E-state index contributed by atoms with van der Waals surface area (Å²) in [5, 5.41) is 22.0. The van der Waals surface area contributed by atoms with Gasteiger partial charge in [0.1, 0.15) is 25.4 Å². The molecule has 1 saturated carbocycles. The minimum atomic E-state index is -0.929. The first-order valence-corrected chi connectivity index (χ1v) is 21.9. The number of β-amino-alcohol motifs (C(OH)–C–C–N with tert-alkyl or cyclic N) is 2. The predicted molar refractivity (Wildman–Crippen MR) is 234 cm³/mol. The lowest BCUT2D eigenvalue weighted by atomic mass is 9.65. The Balaban J connectivity index is 0.835. The second kappa shape index (κ2) is 20.0. The molecule has 4 aromatic rings. The molecule has 1 aliphatic carbocycles. The fourth-order valence-electron chi connectivity index (χ4n) is 9.77. The molecule has 2 heterocycles. The maximum absolute atomic E-state index is 13.7. The van der Waals surface area contributed by atoms with Crippen molar-refractivity contribution in [2.24, 2.45) is 16.7 Å². The number of esters is 2. The number of ether oxygens (including phenoxy) is 2. The van der Waals surface area contributed by atoms with Crippen LogP contribution in [0.1, 0.15) is 68.0 Å². The quantitative estimate of drug-likeness (QED) is 0.130. The summed E-state index contributed by atoms with van der Waals surface area (Å²) in [4.78, 5) is 36.7. The van der Waals surface area contributed by atoms with Crippen LogP contribution in [0.15, 0.2) is 121 Å². The molecule has 0 aromatic heterocycles. The Morgan fingerprint density at radius 2 is 0.917 bits per heavy atom. The number of aliphatic hydroxyl groups is 2. The summed E-state index contributed by atoms with van der Waals surface area (Å²) in [5.41, 5.74) is 3.38. The third-order valence-electron chi connectivity index (χ3n) is 13.7. The van der Waals surface area contributed by atoms with E-state index in [0.29, 0.717) is 25.9 Å². The van der Waals surface area contributed by atoms with E-state index in [0.717, 1.165) is 52.4 Å². The summed E-state index contributed by atoms with van der Waals surface area (Å²) in [6.07, 6.45) is -0.689. The third kappa shape index (κ3) is 10.2. The van der Waals surface area contributed by atoms with Crippen molar-refractivity contribution in [2.75, 3.05) is 78.7 Å². The predicted octanol–water partition coefficient (Wildman–Crippen LogP) is 6.05. The van der Waals surface area contributed by atoms with Crippen molar-refractivity contribution in [1.82, 2.24) is 19.6 Å². The summed E-state index contributed by atoms with van der Waals surface area (Å²) >= 11 is 0. The van der Waals surface area contributed by atoms with E-state index in [1.54, 1.807) is 0 Å². The van der Waals surface area contributed by atoms with Crippen LogP contribution in [0, 0.1) is 16.7 Å². The Hall–Kier alpha value is -4.42. The van der Waals surface area contributed by atoms with E-state index >= 15 is 0 Å². The molecule has 2 aliphatic heterocycles. The van der Waals surface area contributed by atoms with Gasteiger partial charge in [0, 0.05) is 65.4 Å². The van der Waals surface area contributed by atoms with Crippen molar-refractivity contribution in [3.63, 3.8) is 0 Å². The van der Waals surface area contributed by atoms with E-state index in [2.05, 4.69) is 117 Å². The number of carbonyl (C=O) groups excluding carboxylic acids is 2. The van der Waals surface area contributed by atoms with Crippen LogP contribution in [-0.2, 0) is 19.1 Å². The molecular formula is C50H64N4O6. The SMILES string of the molecule is CC1(C)[C@@H](C(=O)OC[C@@H](O)CN2CCN(C(c3ccccc3)c3ccccc3)CC2)CC[C@]1(C)C(=O)OC[C@H](O)CN1CCN(C(c2ccccc2)c2ccccc2)CC1. The first-order valence-electron chi connectivity index (χ1n) is 21.9. The molecule has 0 radical (unpaired) electrons. The highest BCUT2D eigenvalue weighted by Gasteiger charge is 2.59. The zero-order valence-corrected chi connectivity index (χ0v) is 35.6. The average Bonchev–Trinajstić information content (AvgIpc) is 3.53. The number of hydrogen-bond acceptors (Lipinski definition) is 10. The zero-order chi connectivity index (χ0) is 42.1. The molecule has 2 saturated heterocycles. The summed E-state index contributed by atoms with van der Waals surface area (Å²) in [6.45, 7) is 12.9. The maximum atomic E-state index is 13.7. The number of nitrogens with zero attached hydrogens (tertiary/aromatic N) is 4. The molecule has 3 aliphatic rings. The van der Waals surface area contributed by atoms with Crippen LogP contribution in [0.25, 0.3) is 0 Å². The Morgan fingerprint density at radius 3 is 1.28 bits per heavy atom. The number of benzene rings is 4. The molecule has 60 heavy (non-hydrogen) atoms. The fourth-order valence-corrected chi connectivity index (χ4v) is 9.77. The van der Waals surface area contributed by atoms with Crippen molar-refractivity contribution in [2.45, 2.75) is 57.9 Å². The second-order valence-electron chi connectivity index (χ2n) is 17.8. The number of hydrogen-bond donors (Lipinski definition) is 2. The second-order valence-corrected chi connectivity index (χ2v) is 17.8. The van der Waals surface area contributed by atoms with Crippen LogP contribution in [-0.4, -0.2) is 133 Å². The highest BCUT2D eigenvalue weighted by atomic mass is 16.5. The first-order chi connectivity index (χ1) is 29.0. The van der Waals surface area contributed by atoms with Gasteiger partial charge in [-0.25, -0.2) is 0 Å². The number of carbonyl (C=O) groups is 2. The Labute approximate surface area is 356 Å². The zero-order valence-electron chi connectivity index (χ0n) is 35.6. The van der Waals surface area contributed by atoms with E-state index in [4.69, 9.17) is 9.47 Å². The van der Waals surface area contributed by atoms with Gasteiger partial charge in [-0.1, -0.05) is 135 Å². The molecule has 0 amide bonds. The topological polar surface area (TPSA) is 106 Å². The standard InChI is InChI=1S/C50H64N4O6/c1-49(2)44(47(57)59-36-42(55)34-51-26-30-53(31-27-51)45(38-16-8-4-9-17-38)39-18-10-5-11-19-39)24-25-50(49,3)48(58)60-37-43(56)35-52-28-32-54(33-29-52)46(40-20-12-6-13-21-40)41-22-14-7-15-23-41/h4-23,42-46,55-56H,24-37H2,1-3H3/t42-,43+,44+,50+/m0/s1. The molecule has 3 fully saturated rings. The Kier molecular flexibility index (Phi) is 14.5. The number of piperazine rings is 2. The van der Waals surface area contributed by atoms with Crippen LogP contribution in [0.5, 0.6) is 0 Å². The number of rotatable bonds is 16. The lowest BCUT2D eigenvalue weighted by Crippen LogP contribution is -2.50. The van der Waals surface area contributed by atoms with Crippen LogP contribution in [0.2, 0.25) is 0 Å². The number of aliphatic hydroxyl groups excluding tert-OH is 2. The van der Waals surface area contributed by atoms with Gasteiger partial charge < -0.3 is 19.7 Å². The normalized spacial score (nSPS) is 22.8. The summed E-state index contributed by atoms with van der Waals surface area (Å²) < 4.78 is 11.5. The first kappa shape index (κ1) is 43.7. The van der Waals surface area contributed by atoms with Crippen molar-refractivity contribution in [3.05, 3.63) is 144 Å². The van der Waals surface area contributed by atoms with Crippen molar-refractivity contribution >= 4 is 11.9 Å². The molecular weight excluding hydrogens is 753 g/mol. The molecule has 4 aromatic carbocycles. The average molecular weight is 817 g/mol. The van der Waals surface area contributed by atoms with Gasteiger partial charge in [-0.2, -0.15) is 0 Å². The van der Waals surface area contributed by atoms with E-state index < -0.39 is 40.9 Å². The van der Waals surface area contributed by atoms with Crippen molar-refractivity contribution in [1.29, 1.82) is 0 Å². The van der Waals surface area contributed by atoms with Gasteiger partial charge in [0.05, 0.1) is 23.4 Å². The monoisotopic (exact) mass is 816 g/mol. The molecule has 4 atom stereocenters. The van der Waals surface area contributed by atoms with Crippen molar-refractivity contribution < 1.29 is 29.3 Å². The van der Waals surface area contributed by atoms with E-state index in [9.17, 15) is 19.8 Å². The van der Waals surface area contributed by atoms with Gasteiger partial charge >= 0.3 is 11.9 Å². The Bertz CT molecular complexity index is 1860. The summed E-state index contributed by atoms with van der Waals surface area (Å²) in [7, 11) is 0. The van der Waals surface area contributed by atoms with Crippen LogP contribution in [0.4, 0.5) is 0 Å². The maximum Gasteiger partial charge on any atom is 0.312 e. The highest BCUT2D eigenvalue weighted by Crippen LogP contribution is 2.57. The smallest absolute Gasteiger partial charge is 0.312 e. The molecule has 7 rings (SSSR count). The van der Waals surface area contributed by atoms with Gasteiger partial charge in [-0.15, -0.1) is 0 Å². The molecule has 2 N–H and O–H groups in total. The summed E-state index contributed by atoms with van der Waals surface area (Å²) in [6, 6.07) is 42.7. The van der Waals surface area contributed by atoms with E-state index in [-0.39, 0.29) is 25.3 Å².